The van der Waals surface area contributed by atoms with Crippen molar-refractivity contribution >= 4 is 68.3 Å². The van der Waals surface area contributed by atoms with Crippen LogP contribution in [0.1, 0.15) is 75.2 Å². The number of methoxy groups -OCH3 is 2. The molecule has 71 heavy (non-hydrogen) atoms. The van der Waals surface area contributed by atoms with E-state index in [1.54, 1.807) is 56.7 Å². The molecule has 5 aromatic rings. The lowest BCUT2D eigenvalue weighted by atomic mass is 10.0. The molecule has 3 amide bonds. The minimum atomic E-state index is -0.215. The van der Waals surface area contributed by atoms with Crippen LogP contribution in [0.15, 0.2) is 114 Å². The van der Waals surface area contributed by atoms with Crippen LogP contribution in [0.4, 0.5) is 22.7 Å². The number of nitrogens with zero attached hydrogens (tertiary/aromatic N) is 4. The summed E-state index contributed by atoms with van der Waals surface area (Å²) in [5, 5.41) is 9.48. The van der Waals surface area contributed by atoms with E-state index >= 15 is 0 Å². The van der Waals surface area contributed by atoms with Gasteiger partial charge in [-0.05, 0) is 128 Å². The minimum Gasteiger partial charge on any atom is -0.493 e. The Labute approximate surface area is 422 Å². The number of aliphatic hydroxyl groups excluding tert-OH is 1. The lowest BCUT2D eigenvalue weighted by molar-refractivity contribution is -0.119. The second kappa shape index (κ2) is 21.9. The smallest absolute Gasteiger partial charge is 0.261 e. The van der Waals surface area contributed by atoms with E-state index in [-0.39, 0.29) is 74.1 Å². The van der Waals surface area contributed by atoms with Gasteiger partial charge in [0.05, 0.1) is 57.4 Å². The standard InChI is InChI=1S/C56H58N4O9S2/c1-56(2,71-70-5)19-18-53(62)58(20-22-67-23-21-61)42-25-36(34-68-51-29-38-12-6-9-15-41-27-39-13-7-10-16-47(39)59(41)54(63)44(38)30-49(51)65-3)24-37(26-42)35-69-52-32-46-45(31-50(52)66-4)55(64)60-43(33-57-46)28-40-14-8-11-17-48(40)60/h6-8,10-11,13-17,24-26,29-33,41,43,61H,12,18-23,27-28,34-35H2,1-5H3. The van der Waals surface area contributed by atoms with E-state index in [2.05, 4.69) is 25.6 Å². The van der Waals surface area contributed by atoms with Crippen molar-refractivity contribution in [1.82, 2.24) is 0 Å². The number of aliphatic hydroxyl groups is 1. The number of aliphatic imine (C=N–C) groups is 1. The molecule has 0 aromatic heterocycles. The zero-order valence-electron chi connectivity index (χ0n) is 40.6. The highest BCUT2D eigenvalue weighted by atomic mass is 33.1. The molecule has 368 valence electrons. The first-order valence-corrected chi connectivity index (χ1v) is 26.3. The third-order valence-electron chi connectivity index (χ3n) is 13.1. The monoisotopic (exact) mass is 994 g/mol. The number of hydrogen-bond acceptors (Lipinski definition) is 12. The van der Waals surface area contributed by atoms with Crippen molar-refractivity contribution in [3.63, 3.8) is 0 Å². The summed E-state index contributed by atoms with van der Waals surface area (Å²) in [7, 11) is 6.50. The molecule has 5 aromatic carbocycles. The van der Waals surface area contributed by atoms with Crippen LogP contribution in [-0.4, -0.2) is 92.7 Å². The molecule has 15 heteroatoms. The Kier molecular flexibility index (Phi) is 15.3. The number of anilines is 3. The molecule has 0 saturated heterocycles. The molecular formula is C56H58N4O9S2. The molecule has 13 nitrogen and oxygen atoms in total. The summed E-state index contributed by atoms with van der Waals surface area (Å²) in [5.41, 5.74) is 11.5. The van der Waals surface area contributed by atoms with E-state index in [9.17, 15) is 19.5 Å². The zero-order valence-corrected chi connectivity index (χ0v) is 42.3. The van der Waals surface area contributed by atoms with Crippen LogP contribution in [-0.2, 0) is 42.0 Å². The van der Waals surface area contributed by atoms with Gasteiger partial charge >= 0.3 is 0 Å². The molecule has 4 heterocycles. The first kappa shape index (κ1) is 49.5. The van der Waals surface area contributed by atoms with Crippen molar-refractivity contribution in [1.29, 1.82) is 0 Å². The number of benzene rings is 5. The Balaban J connectivity index is 1.03. The molecule has 2 atom stereocenters. The number of amides is 3. The molecule has 2 unspecified atom stereocenters. The van der Waals surface area contributed by atoms with Gasteiger partial charge in [-0.3, -0.25) is 24.3 Å². The number of ether oxygens (including phenoxy) is 5. The minimum absolute atomic E-state index is 0.0565. The maximum Gasteiger partial charge on any atom is 0.261 e. The first-order valence-electron chi connectivity index (χ1n) is 23.8. The van der Waals surface area contributed by atoms with Crippen molar-refractivity contribution in [3.8, 4) is 23.0 Å². The highest BCUT2D eigenvalue weighted by molar-refractivity contribution is 8.76. The Morgan fingerprint density at radius 1 is 0.789 bits per heavy atom. The highest BCUT2D eigenvalue weighted by Crippen LogP contribution is 2.43. The van der Waals surface area contributed by atoms with Crippen LogP contribution < -0.4 is 33.6 Å². The summed E-state index contributed by atoms with van der Waals surface area (Å²) in [4.78, 5) is 53.1. The van der Waals surface area contributed by atoms with Gasteiger partial charge in [0.25, 0.3) is 11.8 Å². The molecular weight excluding hydrogens is 937 g/mol. The van der Waals surface area contributed by atoms with E-state index < -0.39 is 0 Å². The molecule has 9 rings (SSSR count). The Hall–Kier alpha value is -6.48. The maximum absolute atomic E-state index is 14.4. The topological polar surface area (TPSA) is 140 Å². The largest absolute Gasteiger partial charge is 0.493 e. The van der Waals surface area contributed by atoms with Gasteiger partial charge < -0.3 is 38.6 Å². The summed E-state index contributed by atoms with van der Waals surface area (Å²) < 4.78 is 30.5. The molecule has 0 fully saturated rings. The van der Waals surface area contributed by atoms with Gasteiger partial charge in [-0.25, -0.2) is 0 Å². The van der Waals surface area contributed by atoms with Gasteiger partial charge in [0, 0.05) is 59.0 Å². The number of para-hydroxylation sites is 2. The third kappa shape index (κ3) is 10.8. The van der Waals surface area contributed by atoms with Gasteiger partial charge in [0.2, 0.25) is 5.91 Å². The fourth-order valence-corrected chi connectivity index (χ4v) is 11.9. The average molecular weight is 995 g/mol. The van der Waals surface area contributed by atoms with Crippen LogP contribution in [0.2, 0.25) is 0 Å². The van der Waals surface area contributed by atoms with Crippen molar-refractivity contribution in [2.24, 2.45) is 4.99 Å². The molecule has 4 aliphatic heterocycles. The van der Waals surface area contributed by atoms with Gasteiger partial charge in [0.15, 0.2) is 23.0 Å². The summed E-state index contributed by atoms with van der Waals surface area (Å²) in [6.45, 7) is 4.84. The van der Waals surface area contributed by atoms with E-state index in [1.807, 2.05) is 96.3 Å². The summed E-state index contributed by atoms with van der Waals surface area (Å²) in [6, 6.07) is 28.4. The SMILES string of the molecule is COc1cc2c(cc1OCc1cc(COc3cc4c(cc3OC)C(=O)N3c5ccccc5CC3C=N4)cc(N(CCOCCO)C(=O)CCC(C)(C)SSC)c1)CC=C=CC1Cc3ccccc3N1C2=O. The van der Waals surface area contributed by atoms with Crippen molar-refractivity contribution < 1.29 is 43.2 Å². The first-order chi connectivity index (χ1) is 34.5. The normalized spacial score (nSPS) is 16.4. The Bertz CT molecular complexity index is 2930. The van der Waals surface area contributed by atoms with Crippen molar-refractivity contribution in [2.45, 2.75) is 76.0 Å². The second-order valence-electron chi connectivity index (χ2n) is 18.3. The van der Waals surface area contributed by atoms with Crippen LogP contribution >= 0.6 is 21.6 Å². The zero-order chi connectivity index (χ0) is 49.6. The highest BCUT2D eigenvalue weighted by Gasteiger charge is 2.37. The Morgan fingerprint density at radius 3 is 2.07 bits per heavy atom. The fourth-order valence-electron chi connectivity index (χ4n) is 9.63. The van der Waals surface area contributed by atoms with Crippen LogP contribution in [0.25, 0.3) is 0 Å². The van der Waals surface area contributed by atoms with Crippen molar-refractivity contribution in [2.75, 3.05) is 61.5 Å². The lowest BCUT2D eigenvalue weighted by Crippen LogP contribution is -2.37. The second-order valence-corrected chi connectivity index (χ2v) is 21.4. The van der Waals surface area contributed by atoms with E-state index in [1.165, 1.54) is 7.11 Å². The quantitative estimate of drug-likeness (QED) is 0.0481. The number of rotatable bonds is 19. The van der Waals surface area contributed by atoms with E-state index in [0.717, 1.165) is 39.2 Å². The van der Waals surface area contributed by atoms with Crippen LogP contribution in [0.3, 0.4) is 0 Å². The van der Waals surface area contributed by atoms with Gasteiger partial charge in [-0.2, -0.15) is 0 Å². The van der Waals surface area contributed by atoms with Crippen molar-refractivity contribution in [3.05, 3.63) is 148 Å². The molecule has 0 saturated carbocycles. The number of hydrogen-bond donors (Lipinski definition) is 1. The fraction of sp³-hybridized carbons (Fsp3) is 0.339. The third-order valence-corrected chi connectivity index (χ3v) is 15.8. The van der Waals surface area contributed by atoms with E-state index in [4.69, 9.17) is 28.7 Å². The lowest BCUT2D eigenvalue weighted by Gasteiger charge is -2.27. The molecule has 0 radical (unpaired) electrons. The molecule has 4 aliphatic rings. The van der Waals surface area contributed by atoms with Crippen LogP contribution in [0, 0.1) is 0 Å². The summed E-state index contributed by atoms with van der Waals surface area (Å²) in [6.07, 6.45) is 10.5. The Morgan fingerprint density at radius 2 is 1.41 bits per heavy atom. The van der Waals surface area contributed by atoms with Gasteiger partial charge in [-0.15, -0.1) is 5.73 Å². The number of carbonyl (C=O) groups excluding carboxylic acids is 3. The molecule has 1 N–H and O–H groups in total. The average Bonchev–Trinajstić information content (AvgIpc) is 3.92. The summed E-state index contributed by atoms with van der Waals surface area (Å²) in [5.74, 6) is 1.25. The van der Waals surface area contributed by atoms with E-state index in [0.29, 0.717) is 77.6 Å². The molecule has 0 aliphatic carbocycles. The van der Waals surface area contributed by atoms with Crippen LogP contribution in [0.5, 0.6) is 23.0 Å². The molecule has 0 spiro atoms. The number of fused-ring (bicyclic) bond motifs is 8. The predicted molar refractivity (Wildman–Crippen MR) is 282 cm³/mol. The molecule has 0 bridgehead atoms. The number of carbonyl (C=O) groups is 3. The van der Waals surface area contributed by atoms with Gasteiger partial charge in [-0.1, -0.05) is 58.0 Å². The summed E-state index contributed by atoms with van der Waals surface area (Å²) >= 11 is 0. The maximum atomic E-state index is 14.4. The predicted octanol–water partition coefficient (Wildman–Crippen LogP) is 9.90. The van der Waals surface area contributed by atoms with Gasteiger partial charge in [0.1, 0.15) is 13.2 Å².